The van der Waals surface area contributed by atoms with Gasteiger partial charge in [-0.2, -0.15) is 0 Å². The Hall–Kier alpha value is -0.650. The van der Waals surface area contributed by atoms with Crippen LogP contribution in [-0.4, -0.2) is 80.5 Å². The van der Waals surface area contributed by atoms with Gasteiger partial charge >= 0.3 is 0 Å². The Bertz CT molecular complexity index is 270. The summed E-state index contributed by atoms with van der Waals surface area (Å²) in [6, 6.07) is 0. The molecule has 0 aliphatic rings. The SMILES string of the molecule is CN(C)CCCN(CCCN(C)C)C(=O)CCC(C)(C)N. The normalized spacial score (nSPS) is 12.2. The van der Waals surface area contributed by atoms with Gasteiger partial charge in [-0.1, -0.05) is 0 Å². The first kappa shape index (κ1) is 20.3. The van der Waals surface area contributed by atoms with Gasteiger partial charge in [-0.05, 0) is 74.4 Å². The fourth-order valence-electron chi connectivity index (χ4n) is 2.10. The predicted molar refractivity (Wildman–Crippen MR) is 90.4 cm³/mol. The van der Waals surface area contributed by atoms with E-state index in [0.29, 0.717) is 6.42 Å². The van der Waals surface area contributed by atoms with Crippen molar-refractivity contribution in [2.24, 2.45) is 5.73 Å². The fraction of sp³-hybridized carbons (Fsp3) is 0.938. The Balaban J connectivity index is 4.29. The van der Waals surface area contributed by atoms with Gasteiger partial charge in [-0.25, -0.2) is 0 Å². The second kappa shape index (κ2) is 10.1. The summed E-state index contributed by atoms with van der Waals surface area (Å²) in [5, 5.41) is 0. The molecule has 0 rings (SSSR count). The molecule has 0 fully saturated rings. The molecule has 0 unspecified atom stereocenters. The minimum Gasteiger partial charge on any atom is -0.343 e. The van der Waals surface area contributed by atoms with Gasteiger partial charge in [0.2, 0.25) is 5.91 Å². The van der Waals surface area contributed by atoms with Crippen molar-refractivity contribution >= 4 is 5.91 Å². The van der Waals surface area contributed by atoms with Crippen molar-refractivity contribution < 1.29 is 4.79 Å². The van der Waals surface area contributed by atoms with Crippen molar-refractivity contribution in [2.75, 3.05) is 54.4 Å². The van der Waals surface area contributed by atoms with Crippen LogP contribution in [0.5, 0.6) is 0 Å². The van der Waals surface area contributed by atoms with Gasteiger partial charge in [0.1, 0.15) is 0 Å². The first-order chi connectivity index (χ1) is 9.61. The second-order valence-corrected chi connectivity index (χ2v) is 7.18. The van der Waals surface area contributed by atoms with Crippen LogP contribution in [0.15, 0.2) is 0 Å². The third kappa shape index (κ3) is 12.8. The Morgan fingerprint density at radius 1 is 0.905 bits per heavy atom. The van der Waals surface area contributed by atoms with Gasteiger partial charge in [0.05, 0.1) is 0 Å². The molecule has 21 heavy (non-hydrogen) atoms. The highest BCUT2D eigenvalue weighted by Crippen LogP contribution is 2.10. The van der Waals surface area contributed by atoms with Gasteiger partial charge in [-0.15, -0.1) is 0 Å². The van der Waals surface area contributed by atoms with Crippen molar-refractivity contribution in [3.05, 3.63) is 0 Å². The number of carbonyl (C=O) groups is 1. The minimum atomic E-state index is -0.269. The van der Waals surface area contributed by atoms with E-state index in [2.05, 4.69) is 38.0 Å². The number of rotatable bonds is 11. The fourth-order valence-corrected chi connectivity index (χ4v) is 2.10. The highest BCUT2D eigenvalue weighted by molar-refractivity contribution is 5.76. The molecular weight excluding hydrogens is 264 g/mol. The summed E-state index contributed by atoms with van der Waals surface area (Å²) >= 11 is 0. The Kier molecular flexibility index (Phi) is 9.83. The van der Waals surface area contributed by atoms with E-state index in [-0.39, 0.29) is 11.4 Å². The van der Waals surface area contributed by atoms with Crippen LogP contribution in [-0.2, 0) is 4.79 Å². The number of hydrogen-bond acceptors (Lipinski definition) is 4. The molecule has 0 spiro atoms. The summed E-state index contributed by atoms with van der Waals surface area (Å²) in [4.78, 5) is 18.7. The highest BCUT2D eigenvalue weighted by atomic mass is 16.2. The van der Waals surface area contributed by atoms with Crippen molar-refractivity contribution in [3.8, 4) is 0 Å². The lowest BCUT2D eigenvalue weighted by Crippen LogP contribution is -2.38. The van der Waals surface area contributed by atoms with Crippen LogP contribution in [0.2, 0.25) is 0 Å². The molecule has 0 radical (unpaired) electrons. The predicted octanol–water partition coefficient (Wildman–Crippen LogP) is 1.24. The molecule has 0 saturated heterocycles. The van der Waals surface area contributed by atoms with E-state index >= 15 is 0 Å². The number of hydrogen-bond donors (Lipinski definition) is 1. The van der Waals surface area contributed by atoms with E-state index in [1.807, 2.05) is 18.7 Å². The van der Waals surface area contributed by atoms with Gasteiger partial charge in [0.15, 0.2) is 0 Å². The van der Waals surface area contributed by atoms with E-state index in [1.54, 1.807) is 0 Å². The third-order valence-corrected chi connectivity index (χ3v) is 3.40. The zero-order chi connectivity index (χ0) is 16.5. The monoisotopic (exact) mass is 300 g/mol. The van der Waals surface area contributed by atoms with Gasteiger partial charge in [-0.3, -0.25) is 4.79 Å². The maximum atomic E-state index is 12.4. The molecule has 0 aromatic carbocycles. The molecule has 0 aromatic rings. The van der Waals surface area contributed by atoms with Crippen molar-refractivity contribution in [2.45, 2.75) is 45.1 Å². The number of nitrogens with two attached hydrogens (primary N) is 1. The Labute approximate surface area is 131 Å². The van der Waals surface area contributed by atoms with Crippen LogP contribution in [0, 0.1) is 0 Å². The van der Waals surface area contributed by atoms with E-state index < -0.39 is 0 Å². The summed E-state index contributed by atoms with van der Waals surface area (Å²) in [5.74, 6) is 0.242. The number of carbonyl (C=O) groups excluding carboxylic acids is 1. The van der Waals surface area contributed by atoms with E-state index in [4.69, 9.17) is 5.73 Å². The molecule has 0 aliphatic carbocycles. The zero-order valence-corrected chi connectivity index (χ0v) is 15.0. The molecule has 0 atom stereocenters. The number of nitrogens with zero attached hydrogens (tertiary/aromatic N) is 3. The smallest absolute Gasteiger partial charge is 0.222 e. The summed E-state index contributed by atoms with van der Waals surface area (Å²) < 4.78 is 0. The van der Waals surface area contributed by atoms with Crippen molar-refractivity contribution in [1.82, 2.24) is 14.7 Å². The highest BCUT2D eigenvalue weighted by Gasteiger charge is 2.17. The summed E-state index contributed by atoms with van der Waals surface area (Å²) in [5.41, 5.74) is 5.71. The zero-order valence-electron chi connectivity index (χ0n) is 15.0. The van der Waals surface area contributed by atoms with Gasteiger partial charge in [0, 0.05) is 25.0 Å². The van der Waals surface area contributed by atoms with Crippen molar-refractivity contribution in [1.29, 1.82) is 0 Å². The van der Waals surface area contributed by atoms with E-state index in [9.17, 15) is 4.79 Å². The second-order valence-electron chi connectivity index (χ2n) is 7.18. The average Bonchev–Trinajstić information content (AvgIpc) is 2.32. The molecule has 0 aliphatic heterocycles. The van der Waals surface area contributed by atoms with Crippen LogP contribution in [0.25, 0.3) is 0 Å². The lowest BCUT2D eigenvalue weighted by atomic mass is 9.99. The maximum absolute atomic E-state index is 12.4. The maximum Gasteiger partial charge on any atom is 0.222 e. The topological polar surface area (TPSA) is 52.8 Å². The standard InChI is InChI=1S/C16H36N4O/c1-16(2,17)10-9-15(21)20(13-7-11-18(3)4)14-8-12-19(5)6/h7-14,17H2,1-6H3. The van der Waals surface area contributed by atoms with Crippen LogP contribution in [0.4, 0.5) is 0 Å². The van der Waals surface area contributed by atoms with Crippen LogP contribution < -0.4 is 5.73 Å². The lowest BCUT2D eigenvalue weighted by molar-refractivity contribution is -0.131. The van der Waals surface area contributed by atoms with Crippen LogP contribution in [0.3, 0.4) is 0 Å². The quantitative estimate of drug-likeness (QED) is 0.624. The Morgan fingerprint density at radius 2 is 1.33 bits per heavy atom. The molecule has 5 nitrogen and oxygen atoms in total. The largest absolute Gasteiger partial charge is 0.343 e. The molecule has 0 heterocycles. The molecule has 0 bridgehead atoms. The van der Waals surface area contributed by atoms with E-state index in [0.717, 1.165) is 45.4 Å². The first-order valence-electron chi connectivity index (χ1n) is 7.98. The molecule has 0 aromatic heterocycles. The Morgan fingerprint density at radius 3 is 1.67 bits per heavy atom. The minimum absolute atomic E-state index is 0.242. The number of amides is 1. The summed E-state index contributed by atoms with van der Waals surface area (Å²) in [6.07, 6.45) is 3.33. The third-order valence-electron chi connectivity index (χ3n) is 3.40. The summed E-state index contributed by atoms with van der Waals surface area (Å²) in [6.45, 7) is 7.66. The van der Waals surface area contributed by atoms with Gasteiger partial charge < -0.3 is 20.4 Å². The molecule has 0 saturated carbocycles. The average molecular weight is 300 g/mol. The molecule has 126 valence electrons. The first-order valence-corrected chi connectivity index (χ1v) is 7.98. The molecule has 1 amide bonds. The summed E-state index contributed by atoms with van der Waals surface area (Å²) in [7, 11) is 8.26. The van der Waals surface area contributed by atoms with Gasteiger partial charge in [0.25, 0.3) is 0 Å². The van der Waals surface area contributed by atoms with E-state index in [1.165, 1.54) is 0 Å². The lowest BCUT2D eigenvalue weighted by Gasteiger charge is -2.26. The molecular formula is C16H36N4O. The van der Waals surface area contributed by atoms with Crippen LogP contribution >= 0.6 is 0 Å². The molecule has 5 heteroatoms. The van der Waals surface area contributed by atoms with Crippen molar-refractivity contribution in [3.63, 3.8) is 0 Å². The molecule has 2 N–H and O–H groups in total. The van der Waals surface area contributed by atoms with Crippen LogP contribution in [0.1, 0.15) is 39.5 Å².